The molecular formula is C16H15ClO6S. The van der Waals surface area contributed by atoms with Crippen molar-refractivity contribution >= 4 is 34.7 Å². The number of rotatable bonds is 7. The number of ether oxygens (including phenoxy) is 4. The second-order valence-corrected chi connectivity index (χ2v) is 6.23. The van der Waals surface area contributed by atoms with E-state index in [0.717, 1.165) is 11.3 Å². The highest BCUT2D eigenvalue weighted by atomic mass is 35.5. The summed E-state index contributed by atoms with van der Waals surface area (Å²) in [7, 11) is 4.34. The molecule has 24 heavy (non-hydrogen) atoms. The Morgan fingerprint density at radius 1 is 1.04 bits per heavy atom. The molecule has 1 aromatic heterocycles. The van der Waals surface area contributed by atoms with E-state index < -0.39 is 5.97 Å². The number of hydrogen-bond acceptors (Lipinski definition) is 7. The maximum atomic E-state index is 12.2. The van der Waals surface area contributed by atoms with E-state index in [1.165, 1.54) is 33.5 Å². The normalized spacial score (nSPS) is 10.2. The zero-order valence-corrected chi connectivity index (χ0v) is 14.8. The van der Waals surface area contributed by atoms with Crippen molar-refractivity contribution in [2.45, 2.75) is 0 Å². The third-order valence-electron chi connectivity index (χ3n) is 3.08. The van der Waals surface area contributed by atoms with Crippen LogP contribution in [-0.4, -0.2) is 39.7 Å². The molecule has 6 nitrogen and oxygen atoms in total. The molecule has 2 aromatic rings. The Hall–Kier alpha value is -2.25. The summed E-state index contributed by atoms with van der Waals surface area (Å²) < 4.78 is 21.1. The molecule has 2 rings (SSSR count). The van der Waals surface area contributed by atoms with Gasteiger partial charge in [-0.05, 0) is 24.3 Å². The number of Topliss-reactive ketones (excluding diaryl/α,β-unsaturated/α-hetero) is 1. The molecule has 8 heteroatoms. The number of carbonyl (C=O) groups is 2. The topological polar surface area (TPSA) is 71.1 Å². The smallest absolute Gasteiger partial charge is 0.338 e. The van der Waals surface area contributed by atoms with Gasteiger partial charge < -0.3 is 18.9 Å². The lowest BCUT2D eigenvalue weighted by Gasteiger charge is -2.13. The summed E-state index contributed by atoms with van der Waals surface area (Å²) in [6.07, 6.45) is 0. The van der Waals surface area contributed by atoms with Crippen LogP contribution in [0.4, 0.5) is 0 Å². The van der Waals surface area contributed by atoms with E-state index in [1.54, 1.807) is 12.1 Å². The average molecular weight is 371 g/mol. The zero-order valence-electron chi connectivity index (χ0n) is 13.3. The van der Waals surface area contributed by atoms with Gasteiger partial charge in [0.2, 0.25) is 11.5 Å². The Balaban J connectivity index is 2.13. The van der Waals surface area contributed by atoms with Crippen molar-refractivity contribution in [1.29, 1.82) is 0 Å². The second kappa shape index (κ2) is 8.03. The van der Waals surface area contributed by atoms with Crippen molar-refractivity contribution in [2.24, 2.45) is 0 Å². The molecule has 0 N–H and O–H groups in total. The minimum absolute atomic E-state index is 0.182. The number of thiophene rings is 1. The van der Waals surface area contributed by atoms with Gasteiger partial charge in [0.05, 0.1) is 36.1 Å². The van der Waals surface area contributed by atoms with Crippen LogP contribution in [0, 0.1) is 0 Å². The summed E-state index contributed by atoms with van der Waals surface area (Å²) in [5.74, 6) is -0.000804. The van der Waals surface area contributed by atoms with Crippen molar-refractivity contribution in [1.82, 2.24) is 0 Å². The van der Waals surface area contributed by atoms with Crippen LogP contribution in [0.15, 0.2) is 24.3 Å². The minimum Gasteiger partial charge on any atom is -0.493 e. The quantitative estimate of drug-likeness (QED) is 0.549. The summed E-state index contributed by atoms with van der Waals surface area (Å²) in [5, 5.41) is 0. The van der Waals surface area contributed by atoms with Crippen LogP contribution in [0.5, 0.6) is 17.2 Å². The average Bonchev–Trinajstić information content (AvgIpc) is 3.04. The molecule has 0 amide bonds. The molecule has 0 saturated heterocycles. The maximum absolute atomic E-state index is 12.2. The Bertz CT molecular complexity index is 730. The molecule has 0 aliphatic carbocycles. The number of benzene rings is 1. The third kappa shape index (κ3) is 3.98. The Kier molecular flexibility index (Phi) is 6.05. The molecule has 1 aromatic carbocycles. The fraction of sp³-hybridized carbons (Fsp3) is 0.250. The highest BCUT2D eigenvalue weighted by Gasteiger charge is 2.19. The van der Waals surface area contributed by atoms with Gasteiger partial charge in [0.15, 0.2) is 18.1 Å². The van der Waals surface area contributed by atoms with Gasteiger partial charge in [-0.3, -0.25) is 4.79 Å². The van der Waals surface area contributed by atoms with E-state index in [2.05, 4.69) is 0 Å². The van der Waals surface area contributed by atoms with E-state index in [9.17, 15) is 9.59 Å². The van der Waals surface area contributed by atoms with Gasteiger partial charge in [-0.2, -0.15) is 0 Å². The van der Waals surface area contributed by atoms with Gasteiger partial charge in [0, 0.05) is 0 Å². The first-order valence-corrected chi connectivity index (χ1v) is 7.95. The van der Waals surface area contributed by atoms with Crippen molar-refractivity contribution in [3.05, 3.63) is 39.0 Å². The number of carbonyl (C=O) groups excluding carboxylic acids is 2. The van der Waals surface area contributed by atoms with E-state index in [-0.39, 0.29) is 18.0 Å². The van der Waals surface area contributed by atoms with Crippen molar-refractivity contribution in [3.63, 3.8) is 0 Å². The lowest BCUT2D eigenvalue weighted by Crippen LogP contribution is -2.13. The highest BCUT2D eigenvalue weighted by molar-refractivity contribution is 7.18. The molecule has 0 aliphatic rings. The molecule has 0 spiro atoms. The molecule has 0 bridgehead atoms. The van der Waals surface area contributed by atoms with E-state index in [4.69, 9.17) is 30.5 Å². The van der Waals surface area contributed by atoms with Gasteiger partial charge in [-0.25, -0.2) is 4.79 Å². The maximum Gasteiger partial charge on any atom is 0.338 e. The van der Waals surface area contributed by atoms with Gasteiger partial charge in [-0.15, -0.1) is 11.3 Å². The largest absolute Gasteiger partial charge is 0.493 e. The molecule has 128 valence electrons. The fourth-order valence-electron chi connectivity index (χ4n) is 1.95. The monoisotopic (exact) mass is 370 g/mol. The second-order valence-electron chi connectivity index (χ2n) is 4.52. The van der Waals surface area contributed by atoms with Gasteiger partial charge in [-0.1, -0.05) is 11.6 Å². The van der Waals surface area contributed by atoms with Crippen LogP contribution >= 0.6 is 22.9 Å². The van der Waals surface area contributed by atoms with Gasteiger partial charge in [0.25, 0.3) is 0 Å². The SMILES string of the molecule is COc1cc(C(=O)OCC(=O)c2ccc(Cl)s2)cc(OC)c1OC. The highest BCUT2D eigenvalue weighted by Crippen LogP contribution is 2.38. The van der Waals surface area contributed by atoms with Gasteiger partial charge >= 0.3 is 5.97 Å². The first kappa shape index (κ1) is 18.1. The molecular weight excluding hydrogens is 356 g/mol. The summed E-state index contributed by atoms with van der Waals surface area (Å²) in [5.41, 5.74) is 0.182. The molecule has 1 heterocycles. The lowest BCUT2D eigenvalue weighted by molar-refractivity contribution is 0.0475. The Morgan fingerprint density at radius 3 is 2.12 bits per heavy atom. The van der Waals surface area contributed by atoms with Crippen LogP contribution < -0.4 is 14.2 Å². The molecule has 0 unspecified atom stereocenters. The summed E-state index contributed by atoms with van der Waals surface area (Å²) >= 11 is 6.91. The predicted octanol–water partition coefficient (Wildman–Crippen LogP) is 3.47. The summed E-state index contributed by atoms with van der Waals surface area (Å²) in [6.45, 7) is -0.383. The molecule has 0 fully saturated rings. The van der Waals surface area contributed by atoms with E-state index in [1.807, 2.05) is 0 Å². The minimum atomic E-state index is -0.676. The summed E-state index contributed by atoms with van der Waals surface area (Å²) in [6, 6.07) is 6.11. The number of hydrogen-bond donors (Lipinski definition) is 0. The number of halogens is 1. The summed E-state index contributed by atoms with van der Waals surface area (Å²) in [4.78, 5) is 24.5. The molecule has 0 radical (unpaired) electrons. The number of methoxy groups -OCH3 is 3. The first-order valence-electron chi connectivity index (χ1n) is 6.75. The van der Waals surface area contributed by atoms with Crippen LogP contribution in [0.2, 0.25) is 4.34 Å². The molecule has 0 atom stereocenters. The van der Waals surface area contributed by atoms with Crippen LogP contribution in [0.3, 0.4) is 0 Å². The van der Waals surface area contributed by atoms with Crippen molar-refractivity contribution in [2.75, 3.05) is 27.9 Å². The van der Waals surface area contributed by atoms with Gasteiger partial charge in [0.1, 0.15) is 0 Å². The van der Waals surface area contributed by atoms with Crippen LogP contribution in [-0.2, 0) is 4.74 Å². The fourth-order valence-corrected chi connectivity index (χ4v) is 2.92. The van der Waals surface area contributed by atoms with E-state index in [0.29, 0.717) is 26.5 Å². The Labute approximate surface area is 147 Å². The standard InChI is InChI=1S/C16H15ClO6S/c1-20-11-6-9(7-12(21-2)15(11)22-3)16(19)23-8-10(18)13-4-5-14(17)24-13/h4-7H,8H2,1-3H3. The molecule has 0 saturated carbocycles. The van der Waals surface area contributed by atoms with E-state index >= 15 is 0 Å². The third-order valence-corrected chi connectivity index (χ3v) is 4.36. The lowest BCUT2D eigenvalue weighted by atomic mass is 10.2. The number of ketones is 1. The zero-order chi connectivity index (χ0) is 17.7. The van der Waals surface area contributed by atoms with Crippen LogP contribution in [0.1, 0.15) is 20.0 Å². The Morgan fingerprint density at radius 2 is 1.67 bits per heavy atom. The predicted molar refractivity (Wildman–Crippen MR) is 90.0 cm³/mol. The number of esters is 1. The first-order chi connectivity index (χ1) is 11.5. The molecule has 0 aliphatic heterocycles. The van der Waals surface area contributed by atoms with Crippen molar-refractivity contribution in [3.8, 4) is 17.2 Å². The van der Waals surface area contributed by atoms with Crippen LogP contribution in [0.25, 0.3) is 0 Å². The van der Waals surface area contributed by atoms with Crippen molar-refractivity contribution < 1.29 is 28.5 Å².